The average molecular weight is 275 g/mol. The molecule has 3 aliphatic rings. The van der Waals surface area contributed by atoms with Crippen molar-refractivity contribution in [2.24, 2.45) is 5.92 Å². The first-order valence-corrected chi connectivity index (χ1v) is 7.03. The number of carbonyl (C=O) groups is 1. The number of anilines is 1. The largest absolute Gasteiger partial charge is 0.454 e. The van der Waals surface area contributed by atoms with Gasteiger partial charge in [0, 0.05) is 23.7 Å². The van der Waals surface area contributed by atoms with Crippen molar-refractivity contribution >= 4 is 11.6 Å². The Labute approximate surface area is 116 Å². The Kier molecular flexibility index (Phi) is 2.78. The van der Waals surface area contributed by atoms with Gasteiger partial charge in [0.25, 0.3) is 0 Å². The van der Waals surface area contributed by atoms with Crippen molar-refractivity contribution < 1.29 is 14.3 Å². The van der Waals surface area contributed by atoms with E-state index in [0.717, 1.165) is 24.3 Å². The van der Waals surface area contributed by atoms with Crippen LogP contribution in [-0.4, -0.2) is 24.8 Å². The molecule has 1 aromatic rings. The lowest BCUT2D eigenvalue weighted by Crippen LogP contribution is -2.42. The molecule has 2 aliphatic heterocycles. The van der Waals surface area contributed by atoms with Crippen LogP contribution in [0.5, 0.6) is 11.5 Å². The standard InChI is InChI=1S/C14H17N3O3/c18-14(13-9-2-1-3-10(9)16-17-13)15-8-4-5-11-12(6-8)20-7-19-11/h4-6,9-10,13,16-17H,1-3,7H2,(H,15,18). The molecule has 0 radical (unpaired) electrons. The van der Waals surface area contributed by atoms with Gasteiger partial charge in [0.15, 0.2) is 11.5 Å². The van der Waals surface area contributed by atoms with Crippen LogP contribution in [0, 0.1) is 5.92 Å². The number of hydrazine groups is 1. The topological polar surface area (TPSA) is 71.6 Å². The van der Waals surface area contributed by atoms with Gasteiger partial charge in [0.1, 0.15) is 6.04 Å². The maximum Gasteiger partial charge on any atom is 0.243 e. The van der Waals surface area contributed by atoms with Gasteiger partial charge in [0.05, 0.1) is 0 Å². The van der Waals surface area contributed by atoms with Gasteiger partial charge < -0.3 is 14.8 Å². The second-order valence-electron chi connectivity index (χ2n) is 5.52. The Hall–Kier alpha value is -1.79. The molecule has 106 valence electrons. The minimum atomic E-state index is -0.159. The number of hydrogen-bond donors (Lipinski definition) is 3. The van der Waals surface area contributed by atoms with Crippen molar-refractivity contribution in [3.8, 4) is 11.5 Å². The number of hydrogen-bond acceptors (Lipinski definition) is 5. The number of amides is 1. The molecule has 0 spiro atoms. The molecule has 1 saturated heterocycles. The van der Waals surface area contributed by atoms with Crippen molar-refractivity contribution in [1.29, 1.82) is 0 Å². The van der Waals surface area contributed by atoms with Crippen molar-refractivity contribution in [1.82, 2.24) is 10.9 Å². The normalized spacial score (nSPS) is 30.3. The van der Waals surface area contributed by atoms with Gasteiger partial charge in [-0.05, 0) is 25.0 Å². The van der Waals surface area contributed by atoms with Gasteiger partial charge in [-0.3, -0.25) is 10.2 Å². The Bertz CT molecular complexity index is 548. The lowest BCUT2D eigenvalue weighted by molar-refractivity contribution is -0.118. The highest BCUT2D eigenvalue weighted by Crippen LogP contribution is 2.35. The Balaban J connectivity index is 1.47. The highest BCUT2D eigenvalue weighted by atomic mass is 16.7. The molecule has 6 nitrogen and oxygen atoms in total. The van der Waals surface area contributed by atoms with E-state index in [1.54, 1.807) is 6.07 Å². The second-order valence-corrected chi connectivity index (χ2v) is 5.52. The van der Waals surface area contributed by atoms with E-state index in [4.69, 9.17) is 9.47 Å². The SMILES string of the molecule is O=C(Nc1ccc2c(c1)OCO2)C1NNC2CCCC21. The van der Waals surface area contributed by atoms with Crippen LogP contribution in [0.15, 0.2) is 18.2 Å². The molecule has 1 amide bonds. The molecule has 0 bridgehead atoms. The summed E-state index contributed by atoms with van der Waals surface area (Å²) in [6.07, 6.45) is 3.44. The molecule has 1 aromatic carbocycles. The molecule has 3 N–H and O–H groups in total. The van der Waals surface area contributed by atoms with Crippen molar-refractivity contribution in [2.75, 3.05) is 12.1 Å². The minimum Gasteiger partial charge on any atom is -0.454 e. The Morgan fingerprint density at radius 1 is 1.20 bits per heavy atom. The van der Waals surface area contributed by atoms with Gasteiger partial charge in [0.2, 0.25) is 12.7 Å². The third kappa shape index (κ3) is 1.92. The third-order valence-electron chi connectivity index (χ3n) is 4.34. The predicted molar refractivity (Wildman–Crippen MR) is 72.4 cm³/mol. The zero-order valence-corrected chi connectivity index (χ0v) is 11.0. The lowest BCUT2D eigenvalue weighted by atomic mass is 9.96. The molecule has 3 unspecified atom stereocenters. The molecule has 0 aromatic heterocycles. The quantitative estimate of drug-likeness (QED) is 0.751. The summed E-state index contributed by atoms with van der Waals surface area (Å²) in [4.78, 5) is 12.4. The summed E-state index contributed by atoms with van der Waals surface area (Å²) in [5.74, 6) is 1.80. The number of benzene rings is 1. The van der Waals surface area contributed by atoms with Crippen molar-refractivity contribution in [3.05, 3.63) is 18.2 Å². The van der Waals surface area contributed by atoms with E-state index >= 15 is 0 Å². The van der Waals surface area contributed by atoms with Crippen LogP contribution in [0.3, 0.4) is 0 Å². The number of ether oxygens (including phenoxy) is 2. The van der Waals surface area contributed by atoms with E-state index in [2.05, 4.69) is 16.2 Å². The summed E-state index contributed by atoms with van der Waals surface area (Å²) in [6.45, 7) is 0.241. The number of nitrogens with one attached hydrogen (secondary N) is 3. The first kappa shape index (κ1) is 12.0. The summed E-state index contributed by atoms with van der Waals surface area (Å²) in [7, 11) is 0. The number of carbonyl (C=O) groups excluding carboxylic acids is 1. The summed E-state index contributed by atoms with van der Waals surface area (Å²) >= 11 is 0. The van der Waals surface area contributed by atoms with Gasteiger partial charge in [-0.15, -0.1) is 0 Å². The fourth-order valence-corrected chi connectivity index (χ4v) is 3.33. The third-order valence-corrected chi connectivity index (χ3v) is 4.34. The summed E-state index contributed by atoms with van der Waals surface area (Å²) in [5.41, 5.74) is 7.07. The maximum absolute atomic E-state index is 12.4. The fraction of sp³-hybridized carbons (Fsp3) is 0.500. The average Bonchev–Trinajstić information content (AvgIpc) is 3.13. The zero-order valence-electron chi connectivity index (χ0n) is 11.0. The molecule has 1 aliphatic carbocycles. The van der Waals surface area contributed by atoms with E-state index in [-0.39, 0.29) is 18.7 Å². The maximum atomic E-state index is 12.4. The van der Waals surface area contributed by atoms with Gasteiger partial charge in [-0.1, -0.05) is 6.42 Å². The molecule has 20 heavy (non-hydrogen) atoms. The summed E-state index contributed by atoms with van der Waals surface area (Å²) in [5, 5.41) is 2.95. The van der Waals surface area contributed by atoms with Crippen LogP contribution in [0.2, 0.25) is 0 Å². The minimum absolute atomic E-state index is 0.00534. The van der Waals surface area contributed by atoms with Gasteiger partial charge in [-0.25, -0.2) is 5.43 Å². The number of rotatable bonds is 2. The monoisotopic (exact) mass is 275 g/mol. The van der Waals surface area contributed by atoms with E-state index in [9.17, 15) is 4.79 Å². The van der Waals surface area contributed by atoms with Gasteiger partial charge >= 0.3 is 0 Å². The van der Waals surface area contributed by atoms with Crippen LogP contribution < -0.4 is 25.6 Å². The van der Waals surface area contributed by atoms with E-state index in [1.807, 2.05) is 12.1 Å². The van der Waals surface area contributed by atoms with Crippen LogP contribution in [0.4, 0.5) is 5.69 Å². The van der Waals surface area contributed by atoms with Crippen LogP contribution in [0.25, 0.3) is 0 Å². The van der Waals surface area contributed by atoms with Crippen LogP contribution in [0.1, 0.15) is 19.3 Å². The summed E-state index contributed by atoms with van der Waals surface area (Å²) in [6, 6.07) is 5.72. The summed E-state index contributed by atoms with van der Waals surface area (Å²) < 4.78 is 10.6. The molecule has 1 saturated carbocycles. The molecule has 2 fully saturated rings. The Morgan fingerprint density at radius 3 is 3.05 bits per heavy atom. The van der Waals surface area contributed by atoms with E-state index in [1.165, 1.54) is 6.42 Å². The van der Waals surface area contributed by atoms with Crippen molar-refractivity contribution in [2.45, 2.75) is 31.3 Å². The van der Waals surface area contributed by atoms with Crippen LogP contribution >= 0.6 is 0 Å². The lowest BCUT2D eigenvalue weighted by Gasteiger charge is -2.16. The Morgan fingerprint density at radius 2 is 2.10 bits per heavy atom. The van der Waals surface area contributed by atoms with Crippen molar-refractivity contribution in [3.63, 3.8) is 0 Å². The molecule has 4 rings (SSSR count). The molecule has 3 atom stereocenters. The number of fused-ring (bicyclic) bond motifs is 2. The van der Waals surface area contributed by atoms with Gasteiger partial charge in [-0.2, -0.15) is 0 Å². The van der Waals surface area contributed by atoms with E-state index in [0.29, 0.717) is 17.7 Å². The van der Waals surface area contributed by atoms with E-state index < -0.39 is 0 Å². The highest BCUT2D eigenvalue weighted by Gasteiger charge is 2.42. The molecule has 6 heteroatoms. The van der Waals surface area contributed by atoms with Crippen LogP contribution in [-0.2, 0) is 4.79 Å². The predicted octanol–water partition coefficient (Wildman–Crippen LogP) is 0.999. The smallest absolute Gasteiger partial charge is 0.243 e. The second kappa shape index (κ2) is 4.64. The first-order chi connectivity index (χ1) is 9.81. The molecular weight excluding hydrogens is 258 g/mol. The fourth-order valence-electron chi connectivity index (χ4n) is 3.33. The first-order valence-electron chi connectivity index (χ1n) is 7.03. The zero-order chi connectivity index (χ0) is 13.5. The molecular formula is C14H17N3O3. The molecule has 2 heterocycles. The highest BCUT2D eigenvalue weighted by molar-refractivity contribution is 5.95.